The van der Waals surface area contributed by atoms with Crippen molar-refractivity contribution in [3.8, 4) is 11.5 Å². The topological polar surface area (TPSA) is 94.6 Å². The molecule has 0 radical (unpaired) electrons. The van der Waals surface area contributed by atoms with E-state index in [1.165, 1.54) is 12.8 Å². The Hall–Kier alpha value is -3.56. The molecule has 2 heterocycles. The third-order valence-electron chi connectivity index (χ3n) is 6.04. The monoisotopic (exact) mass is 466 g/mol. The predicted molar refractivity (Wildman–Crippen MR) is 129 cm³/mol. The molecule has 4 rings (SSSR count). The smallest absolute Gasteiger partial charge is 0.329 e. The molecule has 1 unspecified atom stereocenters. The molecule has 0 bridgehead atoms. The van der Waals surface area contributed by atoms with Gasteiger partial charge < -0.3 is 24.8 Å². The first-order chi connectivity index (χ1) is 16.5. The zero-order chi connectivity index (χ0) is 24.1. The summed E-state index contributed by atoms with van der Waals surface area (Å²) in [4.78, 5) is 30.7. The number of carbonyl (C=O) groups is 2. The molecule has 2 aliphatic heterocycles. The number of hydrogen-bond acceptors (Lipinski definition) is 7. The van der Waals surface area contributed by atoms with Gasteiger partial charge in [-0.25, -0.2) is 4.79 Å². The van der Waals surface area contributed by atoms with Crippen LogP contribution in [0.4, 0.5) is 10.5 Å². The van der Waals surface area contributed by atoms with Gasteiger partial charge in [0.2, 0.25) is 0 Å². The van der Waals surface area contributed by atoms with Gasteiger partial charge in [-0.05, 0) is 35.9 Å². The molecule has 0 aliphatic carbocycles. The van der Waals surface area contributed by atoms with Gasteiger partial charge in [-0.15, -0.1) is 0 Å². The molecule has 0 aromatic heterocycles. The van der Waals surface area contributed by atoms with Crippen LogP contribution in [0.3, 0.4) is 0 Å². The molecule has 3 amide bonds. The minimum atomic E-state index is -0.835. The summed E-state index contributed by atoms with van der Waals surface area (Å²) in [6, 6.07) is 14.9. The van der Waals surface area contributed by atoms with E-state index in [4.69, 9.17) is 9.47 Å². The van der Waals surface area contributed by atoms with Crippen LogP contribution in [0.15, 0.2) is 54.2 Å². The number of methoxy groups -OCH3 is 2. The Kier molecular flexibility index (Phi) is 7.34. The Morgan fingerprint density at radius 2 is 1.68 bits per heavy atom. The van der Waals surface area contributed by atoms with E-state index in [-0.39, 0.29) is 12.2 Å². The maximum atomic E-state index is 12.8. The molecular weight excluding hydrogens is 436 g/mol. The molecule has 2 saturated heterocycles. The normalized spacial score (nSPS) is 18.9. The Bertz CT molecular complexity index is 1050. The van der Waals surface area contributed by atoms with Crippen LogP contribution in [-0.2, 0) is 4.79 Å². The zero-order valence-corrected chi connectivity index (χ0v) is 19.4. The predicted octanol–water partition coefficient (Wildman–Crippen LogP) is 1.78. The number of rotatable bonds is 8. The molecule has 2 aromatic rings. The van der Waals surface area contributed by atoms with Gasteiger partial charge >= 0.3 is 6.03 Å². The van der Waals surface area contributed by atoms with Gasteiger partial charge in [0.25, 0.3) is 5.91 Å². The van der Waals surface area contributed by atoms with Crippen molar-refractivity contribution in [1.29, 1.82) is 0 Å². The molecule has 2 aromatic carbocycles. The lowest BCUT2D eigenvalue weighted by Gasteiger charge is -2.37. The highest BCUT2D eigenvalue weighted by atomic mass is 16.5. The van der Waals surface area contributed by atoms with E-state index in [9.17, 15) is 14.7 Å². The second-order valence-electron chi connectivity index (χ2n) is 8.30. The van der Waals surface area contributed by atoms with Gasteiger partial charge in [0.15, 0.2) is 11.5 Å². The number of nitrogens with one attached hydrogen (secondary N) is 1. The molecule has 2 fully saturated rings. The van der Waals surface area contributed by atoms with E-state index in [0.29, 0.717) is 23.6 Å². The Morgan fingerprint density at radius 1 is 0.971 bits per heavy atom. The molecule has 2 N–H and O–H groups in total. The van der Waals surface area contributed by atoms with E-state index < -0.39 is 18.0 Å². The van der Waals surface area contributed by atoms with Gasteiger partial charge in [-0.3, -0.25) is 14.6 Å². The fraction of sp³-hybridized carbons (Fsp3) is 0.360. The Labute approximate surface area is 199 Å². The summed E-state index contributed by atoms with van der Waals surface area (Å²) < 4.78 is 10.5. The van der Waals surface area contributed by atoms with E-state index in [0.717, 1.165) is 31.1 Å². The van der Waals surface area contributed by atoms with Gasteiger partial charge in [-0.1, -0.05) is 24.3 Å². The number of aliphatic hydroxyl groups excluding tert-OH is 1. The Balaban J connectivity index is 1.32. The number of benzene rings is 2. The number of piperazine rings is 1. The van der Waals surface area contributed by atoms with Crippen molar-refractivity contribution in [2.45, 2.75) is 6.10 Å². The highest BCUT2D eigenvalue weighted by Crippen LogP contribution is 2.28. The third kappa shape index (κ3) is 5.32. The minimum absolute atomic E-state index is 0.0627. The minimum Gasteiger partial charge on any atom is -0.493 e. The highest BCUT2D eigenvalue weighted by molar-refractivity contribution is 6.14. The summed E-state index contributed by atoms with van der Waals surface area (Å²) in [5, 5.41) is 13.2. The molecular formula is C25H30N4O5. The van der Waals surface area contributed by atoms with Crippen LogP contribution in [-0.4, -0.2) is 86.4 Å². The summed E-state index contributed by atoms with van der Waals surface area (Å²) in [6.45, 7) is 3.66. The maximum Gasteiger partial charge on any atom is 0.329 e. The average molecular weight is 467 g/mol. The van der Waals surface area contributed by atoms with E-state index >= 15 is 0 Å². The third-order valence-corrected chi connectivity index (χ3v) is 6.04. The first kappa shape index (κ1) is 23.6. The number of para-hydroxylation sites is 1. The number of β-amino-alcohol motifs (C(OH)–C–C–N with tert-alkyl or cyclic N) is 1. The van der Waals surface area contributed by atoms with Gasteiger partial charge in [0.05, 0.1) is 26.9 Å². The van der Waals surface area contributed by atoms with E-state index in [1.54, 1.807) is 31.4 Å². The summed E-state index contributed by atoms with van der Waals surface area (Å²) in [7, 11) is 3.07. The first-order valence-corrected chi connectivity index (χ1v) is 11.3. The molecule has 0 spiro atoms. The molecule has 9 heteroatoms. The molecule has 1 atom stereocenters. The highest BCUT2D eigenvalue weighted by Gasteiger charge is 2.35. The number of aliphatic hydroxyl groups is 1. The van der Waals surface area contributed by atoms with Crippen molar-refractivity contribution in [2.75, 3.05) is 58.4 Å². The van der Waals surface area contributed by atoms with E-state index in [2.05, 4.69) is 27.2 Å². The van der Waals surface area contributed by atoms with Gasteiger partial charge in [-0.2, -0.15) is 0 Å². The molecule has 2 aliphatic rings. The lowest BCUT2D eigenvalue weighted by Crippen LogP contribution is -2.50. The molecule has 34 heavy (non-hydrogen) atoms. The quantitative estimate of drug-likeness (QED) is 0.452. The van der Waals surface area contributed by atoms with Crippen LogP contribution in [0.2, 0.25) is 0 Å². The number of anilines is 1. The van der Waals surface area contributed by atoms with Gasteiger partial charge in [0.1, 0.15) is 5.70 Å². The summed E-state index contributed by atoms with van der Waals surface area (Å²) >= 11 is 0. The Morgan fingerprint density at radius 3 is 2.35 bits per heavy atom. The first-order valence-electron chi connectivity index (χ1n) is 11.3. The molecule has 0 saturated carbocycles. The van der Waals surface area contributed by atoms with Crippen molar-refractivity contribution in [3.63, 3.8) is 0 Å². The number of hydrogen-bond donors (Lipinski definition) is 2. The lowest BCUT2D eigenvalue weighted by atomic mass is 10.1. The summed E-state index contributed by atoms with van der Waals surface area (Å²) in [6.07, 6.45) is 0.746. The molecule has 9 nitrogen and oxygen atoms in total. The van der Waals surface area contributed by atoms with Gasteiger partial charge in [0, 0.05) is 38.4 Å². The number of nitrogens with zero attached hydrogens (tertiary/aromatic N) is 3. The van der Waals surface area contributed by atoms with Crippen molar-refractivity contribution >= 4 is 23.7 Å². The summed E-state index contributed by atoms with van der Waals surface area (Å²) in [5.41, 5.74) is 2.02. The fourth-order valence-corrected chi connectivity index (χ4v) is 4.24. The fourth-order valence-electron chi connectivity index (χ4n) is 4.24. The number of ether oxygens (including phenoxy) is 2. The second-order valence-corrected chi connectivity index (χ2v) is 8.30. The maximum absolute atomic E-state index is 12.8. The van der Waals surface area contributed by atoms with Crippen molar-refractivity contribution in [3.05, 3.63) is 59.8 Å². The van der Waals surface area contributed by atoms with Crippen molar-refractivity contribution in [1.82, 2.24) is 15.1 Å². The van der Waals surface area contributed by atoms with Crippen LogP contribution in [0, 0.1) is 0 Å². The number of imide groups is 1. The number of urea groups is 1. The van der Waals surface area contributed by atoms with Crippen molar-refractivity contribution in [2.24, 2.45) is 0 Å². The number of carbonyl (C=O) groups excluding carboxylic acids is 2. The van der Waals surface area contributed by atoms with Crippen LogP contribution in [0.25, 0.3) is 6.08 Å². The summed E-state index contributed by atoms with van der Waals surface area (Å²) in [5.74, 6) is 0.627. The second kappa shape index (κ2) is 10.6. The van der Waals surface area contributed by atoms with Crippen molar-refractivity contribution < 1.29 is 24.2 Å². The standard InChI is InChI=1S/C25H30N4O5/c1-33-22-9-8-18(15-23(22)34-2)14-21-24(31)29(25(32)26-21)17-20(30)16-27-10-12-28(13-11-27)19-6-4-3-5-7-19/h3-9,14-15,20,30H,10-13,16-17H2,1-2H3,(H,26,32)/b21-14-. The van der Waals surface area contributed by atoms with E-state index in [1.807, 2.05) is 18.2 Å². The SMILES string of the molecule is COc1ccc(/C=C2\NC(=O)N(CC(O)CN3CCN(c4ccccc4)CC3)C2=O)cc1OC. The zero-order valence-electron chi connectivity index (χ0n) is 19.4. The molecule has 180 valence electrons. The van der Waals surface area contributed by atoms with Crippen LogP contribution in [0.5, 0.6) is 11.5 Å². The number of amides is 3. The van der Waals surface area contributed by atoms with Crippen LogP contribution in [0.1, 0.15) is 5.56 Å². The van der Waals surface area contributed by atoms with Crippen LogP contribution < -0.4 is 19.7 Å². The average Bonchev–Trinajstić information content (AvgIpc) is 3.12. The largest absolute Gasteiger partial charge is 0.493 e. The van der Waals surface area contributed by atoms with Crippen LogP contribution >= 0.6 is 0 Å². The lowest BCUT2D eigenvalue weighted by molar-refractivity contribution is -0.124.